The smallest absolute Gasteiger partial charge is 0.264 e. The Morgan fingerprint density at radius 2 is 1.43 bits per heavy atom. The lowest BCUT2D eigenvalue weighted by atomic mass is 9.79. The molecule has 0 aromatic heterocycles. The van der Waals surface area contributed by atoms with Crippen molar-refractivity contribution in [3.05, 3.63) is 144 Å². The highest BCUT2D eigenvalue weighted by Crippen LogP contribution is 2.51. The van der Waals surface area contributed by atoms with Gasteiger partial charge in [0.05, 0.1) is 11.2 Å². The van der Waals surface area contributed by atoms with E-state index in [2.05, 4.69) is 170 Å². The molecular formula is C55H67N4O5S+. The molecule has 7 rings (SSSR count). The van der Waals surface area contributed by atoms with Crippen LogP contribution in [0, 0.1) is 0 Å². The van der Waals surface area contributed by atoms with Crippen LogP contribution < -0.4 is 10.2 Å². The predicted molar refractivity (Wildman–Crippen MR) is 268 cm³/mol. The summed E-state index contributed by atoms with van der Waals surface area (Å²) in [4.78, 5) is 29.7. The van der Waals surface area contributed by atoms with E-state index in [1.165, 1.54) is 44.1 Å². The van der Waals surface area contributed by atoms with Gasteiger partial charge in [-0.25, -0.2) is 0 Å². The highest BCUT2D eigenvalue weighted by atomic mass is 32.2. The van der Waals surface area contributed by atoms with E-state index in [0.717, 1.165) is 69.5 Å². The van der Waals surface area contributed by atoms with Crippen LogP contribution in [0.4, 0.5) is 11.4 Å². The van der Waals surface area contributed by atoms with Gasteiger partial charge in [0.25, 0.3) is 10.1 Å². The Kier molecular flexibility index (Phi) is 15.4. The van der Waals surface area contributed by atoms with Crippen LogP contribution in [-0.4, -0.2) is 78.4 Å². The molecule has 0 fully saturated rings. The Morgan fingerprint density at radius 3 is 2.20 bits per heavy atom. The van der Waals surface area contributed by atoms with Gasteiger partial charge in [0.2, 0.25) is 17.5 Å². The lowest BCUT2D eigenvalue weighted by molar-refractivity contribution is -0.438. The first kappa shape index (κ1) is 47.4. The molecule has 0 atom stereocenters. The minimum atomic E-state index is -4.01. The third-order valence-electron chi connectivity index (χ3n) is 13.3. The van der Waals surface area contributed by atoms with Gasteiger partial charge in [-0.3, -0.25) is 14.1 Å². The van der Waals surface area contributed by atoms with Gasteiger partial charge in [-0.2, -0.15) is 13.0 Å². The number of nitrogens with one attached hydrogen (secondary N) is 1. The second kappa shape index (κ2) is 21.2. The monoisotopic (exact) mass is 895 g/mol. The van der Waals surface area contributed by atoms with Crippen molar-refractivity contribution in [3.63, 3.8) is 0 Å². The fraction of sp³-hybridized carbons (Fsp3) is 0.400. The number of anilines is 1. The summed E-state index contributed by atoms with van der Waals surface area (Å²) in [5.74, 6) is -0.112. The molecule has 2 amide bonds. The second-order valence-corrected chi connectivity index (χ2v) is 20.2. The number of amides is 2. The number of carbonyl (C=O) groups is 2. The maximum absolute atomic E-state index is 12.7. The molecule has 0 bridgehead atoms. The molecule has 3 aliphatic rings. The number of allylic oxidation sites excluding steroid dienone is 9. The van der Waals surface area contributed by atoms with Crippen molar-refractivity contribution < 1.29 is 27.1 Å². The fourth-order valence-electron chi connectivity index (χ4n) is 10.1. The zero-order valence-corrected chi connectivity index (χ0v) is 39.6. The largest absolute Gasteiger partial charge is 0.356 e. The van der Waals surface area contributed by atoms with Gasteiger partial charge in [0.15, 0.2) is 5.71 Å². The molecule has 10 heteroatoms. The number of unbranched alkanes of at least 4 members (excludes halogenated alkanes) is 3. The molecule has 0 aliphatic carbocycles. The third-order valence-corrected chi connectivity index (χ3v) is 14.1. The van der Waals surface area contributed by atoms with Crippen LogP contribution in [0.25, 0.3) is 21.5 Å². The number of nitrogens with zero attached hydrogens (tertiary/aromatic N) is 3. The number of rotatable bonds is 18. The number of benzene rings is 4. The van der Waals surface area contributed by atoms with Gasteiger partial charge in [-0.1, -0.05) is 111 Å². The van der Waals surface area contributed by atoms with Crippen molar-refractivity contribution >= 4 is 60.6 Å². The van der Waals surface area contributed by atoms with E-state index in [-0.39, 0.29) is 28.4 Å². The van der Waals surface area contributed by atoms with E-state index >= 15 is 0 Å². The summed E-state index contributed by atoms with van der Waals surface area (Å²) in [5.41, 5.74) is 6.82. The zero-order valence-electron chi connectivity index (χ0n) is 38.8. The highest BCUT2D eigenvalue weighted by molar-refractivity contribution is 7.85. The summed E-state index contributed by atoms with van der Waals surface area (Å²) >= 11 is 0. The maximum Gasteiger partial charge on any atom is 0.264 e. The molecule has 0 saturated carbocycles. The van der Waals surface area contributed by atoms with E-state index in [0.29, 0.717) is 38.8 Å². The van der Waals surface area contributed by atoms with E-state index < -0.39 is 10.1 Å². The number of hydrogen-bond donors (Lipinski definition) is 2. The molecule has 342 valence electrons. The van der Waals surface area contributed by atoms with Crippen LogP contribution in [0.3, 0.4) is 0 Å². The van der Waals surface area contributed by atoms with Gasteiger partial charge in [-0.05, 0) is 104 Å². The van der Waals surface area contributed by atoms with E-state index in [4.69, 9.17) is 0 Å². The third kappa shape index (κ3) is 11.3. The molecule has 3 aliphatic heterocycles. The zero-order chi connectivity index (χ0) is 46.0. The van der Waals surface area contributed by atoms with Gasteiger partial charge >= 0.3 is 0 Å². The molecular weight excluding hydrogens is 829 g/mol. The van der Waals surface area contributed by atoms with E-state index in [1.54, 1.807) is 0 Å². The molecule has 4 aromatic rings. The molecule has 9 nitrogen and oxygen atoms in total. The average molecular weight is 896 g/mol. The van der Waals surface area contributed by atoms with Crippen molar-refractivity contribution in [3.8, 4) is 0 Å². The SMILES string of the molecule is CC1(C)C(/C=C/C=C/C=C/C=C2\N(CCCCS(=O)(=O)O)c3ccc4ccccc4c3C2(C)C)=[N+](CCCCCC(=O)NCCC(=O)N2CC/C=C\CCC2)c2ccc3ccccc3c21. The van der Waals surface area contributed by atoms with Crippen LogP contribution in [0.2, 0.25) is 0 Å². The quantitative estimate of drug-likeness (QED) is 0.0338. The van der Waals surface area contributed by atoms with Crippen LogP contribution in [0.5, 0.6) is 0 Å². The molecule has 0 saturated heterocycles. The lowest BCUT2D eigenvalue weighted by Gasteiger charge is -2.27. The Bertz CT molecular complexity index is 2690. The maximum atomic E-state index is 12.7. The fourth-order valence-corrected chi connectivity index (χ4v) is 10.7. The average Bonchev–Trinajstić information content (AvgIpc) is 3.62. The Hall–Kier alpha value is -5.58. The summed E-state index contributed by atoms with van der Waals surface area (Å²) in [6.07, 6.45) is 26.5. The molecule has 65 heavy (non-hydrogen) atoms. The van der Waals surface area contributed by atoms with E-state index in [1.807, 2.05) is 4.90 Å². The predicted octanol–water partition coefficient (Wildman–Crippen LogP) is 11.0. The van der Waals surface area contributed by atoms with Gasteiger partial charge in [0.1, 0.15) is 6.54 Å². The molecule has 2 N–H and O–H groups in total. The second-order valence-electron chi connectivity index (χ2n) is 18.7. The van der Waals surface area contributed by atoms with Crippen molar-refractivity contribution in [1.29, 1.82) is 0 Å². The first-order chi connectivity index (χ1) is 31.3. The van der Waals surface area contributed by atoms with Crippen LogP contribution in [-0.2, 0) is 30.5 Å². The summed E-state index contributed by atoms with van der Waals surface area (Å²) < 4.78 is 34.7. The summed E-state index contributed by atoms with van der Waals surface area (Å²) in [7, 11) is -4.01. The number of hydrogen-bond acceptors (Lipinski definition) is 5. The van der Waals surface area contributed by atoms with Crippen molar-refractivity contribution in [2.45, 2.75) is 103 Å². The molecule has 3 heterocycles. The minimum Gasteiger partial charge on any atom is -0.356 e. The topological polar surface area (TPSA) is 110 Å². The van der Waals surface area contributed by atoms with Crippen molar-refractivity contribution in [1.82, 2.24) is 10.2 Å². The molecule has 4 aromatic carbocycles. The van der Waals surface area contributed by atoms with Crippen LogP contribution >= 0.6 is 0 Å². The standard InChI is InChI=1S/C55H66N4O5S/c1-54(2)48(28-12-7-5-8-13-29-49-55(3,4)53-45-27-18-16-25-43(45)32-34-47(53)59(49)40-22-23-41-65(62,63)64)58(46-33-31-42-24-15-17-26-44(42)52(46)54)39-21-11-14-30-50(60)56-36-35-51(61)57-37-19-9-6-10-20-38-57/h5-9,12-13,15-18,24-29,31-34H,10-11,14,19-23,30,35-41H2,1-4H3,(H-,56,60,62,63,64)/p+1/b9-6-. The minimum absolute atomic E-state index is 0.0106. The Labute approximate surface area is 386 Å². The molecule has 0 radical (unpaired) electrons. The Morgan fingerprint density at radius 1 is 0.738 bits per heavy atom. The van der Waals surface area contributed by atoms with Crippen molar-refractivity contribution in [2.75, 3.05) is 43.4 Å². The lowest BCUT2D eigenvalue weighted by Crippen LogP contribution is -2.36. The van der Waals surface area contributed by atoms with Crippen LogP contribution in [0.1, 0.15) is 103 Å². The Balaban J connectivity index is 1.01. The normalized spacial score (nSPS) is 18.3. The summed E-state index contributed by atoms with van der Waals surface area (Å²) in [6.45, 7) is 12.5. The highest BCUT2D eigenvalue weighted by Gasteiger charge is 2.45. The first-order valence-electron chi connectivity index (χ1n) is 23.6. The van der Waals surface area contributed by atoms with Crippen LogP contribution in [0.15, 0.2) is 133 Å². The first-order valence-corrected chi connectivity index (χ1v) is 25.2. The van der Waals surface area contributed by atoms with Crippen molar-refractivity contribution in [2.24, 2.45) is 0 Å². The molecule has 0 spiro atoms. The van der Waals surface area contributed by atoms with E-state index in [9.17, 15) is 22.6 Å². The van der Waals surface area contributed by atoms with Gasteiger partial charge in [0, 0.05) is 79.9 Å². The number of fused-ring (bicyclic) bond motifs is 6. The molecule has 0 unspecified atom stereocenters. The summed E-state index contributed by atoms with van der Waals surface area (Å²) in [6, 6.07) is 25.9. The summed E-state index contributed by atoms with van der Waals surface area (Å²) in [5, 5.41) is 7.88. The van der Waals surface area contributed by atoms with Gasteiger partial charge < -0.3 is 15.1 Å². The number of carbonyl (C=O) groups excluding carboxylic acids is 2. The van der Waals surface area contributed by atoms with Gasteiger partial charge in [-0.15, -0.1) is 0 Å².